The third-order valence-electron chi connectivity index (χ3n) is 3.02. The molecule has 2 N–H and O–H groups in total. The quantitative estimate of drug-likeness (QED) is 0.855. The minimum Gasteiger partial charge on any atom is -0.496 e. The minimum absolute atomic E-state index is 0.156. The molecule has 2 rings (SSSR count). The van der Waals surface area contributed by atoms with Gasteiger partial charge in [-0.1, -0.05) is 18.2 Å². The van der Waals surface area contributed by atoms with Gasteiger partial charge in [0.1, 0.15) is 11.6 Å². The molecule has 0 saturated heterocycles. The summed E-state index contributed by atoms with van der Waals surface area (Å²) in [6.07, 6.45) is 1.57. The van der Waals surface area contributed by atoms with Crippen LogP contribution in [0.25, 0.3) is 0 Å². The molecule has 0 unspecified atom stereocenters. The van der Waals surface area contributed by atoms with E-state index in [0.29, 0.717) is 12.1 Å². The lowest BCUT2D eigenvalue weighted by molar-refractivity contribution is 0.0950. The van der Waals surface area contributed by atoms with E-state index in [1.165, 1.54) is 0 Å². The molecule has 0 aliphatic carbocycles. The molecule has 0 spiro atoms. The summed E-state index contributed by atoms with van der Waals surface area (Å²) < 4.78 is 5.25. The molecule has 1 heterocycles. The van der Waals surface area contributed by atoms with Crippen LogP contribution in [-0.4, -0.2) is 24.5 Å². The zero-order valence-electron chi connectivity index (χ0n) is 12.2. The summed E-state index contributed by atoms with van der Waals surface area (Å²) in [5.74, 6) is 1.37. The highest BCUT2D eigenvalue weighted by Gasteiger charge is 2.07. The van der Waals surface area contributed by atoms with Crippen LogP contribution >= 0.6 is 0 Å². The van der Waals surface area contributed by atoms with Gasteiger partial charge in [0, 0.05) is 24.8 Å². The second-order valence-electron chi connectivity index (χ2n) is 4.46. The molecule has 1 aromatic carbocycles. The minimum atomic E-state index is -0.156. The number of pyridine rings is 1. The van der Waals surface area contributed by atoms with E-state index in [1.807, 2.05) is 31.2 Å². The summed E-state index contributed by atoms with van der Waals surface area (Å²) >= 11 is 0. The molecular formula is C16H19N3O2. The first kappa shape index (κ1) is 14.8. The van der Waals surface area contributed by atoms with Gasteiger partial charge in [-0.25, -0.2) is 4.98 Å². The number of para-hydroxylation sites is 1. The average Bonchev–Trinajstić information content (AvgIpc) is 2.54. The van der Waals surface area contributed by atoms with Crippen molar-refractivity contribution >= 4 is 11.7 Å². The Kier molecular flexibility index (Phi) is 5.15. The van der Waals surface area contributed by atoms with Gasteiger partial charge in [0.15, 0.2) is 0 Å². The van der Waals surface area contributed by atoms with Gasteiger partial charge in [0.25, 0.3) is 5.91 Å². The molecule has 2 aromatic rings. The number of hydrogen-bond donors (Lipinski definition) is 2. The second kappa shape index (κ2) is 7.28. The number of amides is 1. The molecule has 0 radical (unpaired) electrons. The number of carbonyl (C=O) groups excluding carboxylic acids is 1. The monoisotopic (exact) mass is 285 g/mol. The van der Waals surface area contributed by atoms with E-state index in [0.717, 1.165) is 23.7 Å². The Morgan fingerprint density at radius 2 is 2.05 bits per heavy atom. The van der Waals surface area contributed by atoms with Gasteiger partial charge in [-0.2, -0.15) is 0 Å². The fraction of sp³-hybridized carbons (Fsp3) is 0.250. The van der Waals surface area contributed by atoms with Crippen molar-refractivity contribution < 1.29 is 9.53 Å². The number of nitrogens with one attached hydrogen (secondary N) is 2. The number of nitrogens with zero attached hydrogens (tertiary/aromatic N) is 1. The van der Waals surface area contributed by atoms with E-state index in [-0.39, 0.29) is 5.91 Å². The van der Waals surface area contributed by atoms with Gasteiger partial charge in [0.2, 0.25) is 0 Å². The van der Waals surface area contributed by atoms with E-state index in [9.17, 15) is 4.79 Å². The summed E-state index contributed by atoms with van der Waals surface area (Å²) in [5, 5.41) is 5.95. The Bertz CT molecular complexity index is 597. The SMILES string of the molecule is CCNc1ccc(C(=O)NCc2ccccc2OC)cn1. The molecule has 0 aliphatic rings. The highest BCUT2D eigenvalue weighted by atomic mass is 16.5. The maximum absolute atomic E-state index is 12.1. The van der Waals surface area contributed by atoms with Crippen LogP contribution in [0.15, 0.2) is 42.6 Å². The molecular weight excluding hydrogens is 266 g/mol. The van der Waals surface area contributed by atoms with Crippen molar-refractivity contribution in [2.45, 2.75) is 13.5 Å². The smallest absolute Gasteiger partial charge is 0.253 e. The van der Waals surface area contributed by atoms with E-state index >= 15 is 0 Å². The number of rotatable bonds is 6. The molecule has 0 atom stereocenters. The van der Waals surface area contributed by atoms with E-state index in [2.05, 4.69) is 15.6 Å². The molecule has 0 fully saturated rings. The predicted octanol–water partition coefficient (Wildman–Crippen LogP) is 2.45. The Labute approximate surface area is 124 Å². The number of carbonyl (C=O) groups is 1. The van der Waals surface area contributed by atoms with Gasteiger partial charge < -0.3 is 15.4 Å². The summed E-state index contributed by atoms with van der Waals surface area (Å²) in [6, 6.07) is 11.1. The molecule has 0 aliphatic heterocycles. The molecule has 0 bridgehead atoms. The summed E-state index contributed by atoms with van der Waals surface area (Å²) in [7, 11) is 1.62. The fourth-order valence-corrected chi connectivity index (χ4v) is 1.94. The Morgan fingerprint density at radius 1 is 1.24 bits per heavy atom. The Hall–Kier alpha value is -2.56. The lowest BCUT2D eigenvalue weighted by Crippen LogP contribution is -2.23. The largest absolute Gasteiger partial charge is 0.496 e. The second-order valence-corrected chi connectivity index (χ2v) is 4.46. The zero-order chi connectivity index (χ0) is 15.1. The molecule has 1 amide bonds. The first-order valence-electron chi connectivity index (χ1n) is 6.84. The van der Waals surface area contributed by atoms with Crippen LogP contribution in [0.3, 0.4) is 0 Å². The van der Waals surface area contributed by atoms with Crippen molar-refractivity contribution in [2.75, 3.05) is 19.0 Å². The van der Waals surface area contributed by atoms with E-state index in [1.54, 1.807) is 25.4 Å². The molecule has 1 aromatic heterocycles. The van der Waals surface area contributed by atoms with Crippen LogP contribution < -0.4 is 15.4 Å². The standard InChI is InChI=1S/C16H19N3O2/c1-3-17-15-9-8-13(11-18-15)16(20)19-10-12-6-4-5-7-14(12)21-2/h4-9,11H,3,10H2,1-2H3,(H,17,18)(H,19,20). The number of aromatic nitrogens is 1. The van der Waals surface area contributed by atoms with Crippen LogP contribution in [0, 0.1) is 0 Å². The predicted molar refractivity (Wildman–Crippen MR) is 82.6 cm³/mol. The number of benzene rings is 1. The average molecular weight is 285 g/mol. The van der Waals surface area contributed by atoms with E-state index in [4.69, 9.17) is 4.74 Å². The summed E-state index contributed by atoms with van der Waals surface area (Å²) in [6.45, 7) is 3.21. The highest BCUT2D eigenvalue weighted by molar-refractivity contribution is 5.94. The molecule has 0 saturated carbocycles. The third kappa shape index (κ3) is 3.95. The first-order valence-corrected chi connectivity index (χ1v) is 6.84. The first-order chi connectivity index (χ1) is 10.2. The van der Waals surface area contributed by atoms with Crippen LogP contribution in [-0.2, 0) is 6.54 Å². The van der Waals surface area contributed by atoms with Crippen LogP contribution in [0.4, 0.5) is 5.82 Å². The number of methoxy groups -OCH3 is 1. The molecule has 21 heavy (non-hydrogen) atoms. The van der Waals surface area contributed by atoms with Crippen LogP contribution in [0.2, 0.25) is 0 Å². The van der Waals surface area contributed by atoms with Gasteiger partial charge in [0.05, 0.1) is 12.7 Å². The van der Waals surface area contributed by atoms with Crippen molar-refractivity contribution in [3.63, 3.8) is 0 Å². The fourth-order valence-electron chi connectivity index (χ4n) is 1.94. The Morgan fingerprint density at radius 3 is 2.71 bits per heavy atom. The Balaban J connectivity index is 1.98. The van der Waals surface area contributed by atoms with Crippen molar-refractivity contribution in [1.29, 1.82) is 0 Å². The van der Waals surface area contributed by atoms with Crippen LogP contribution in [0.1, 0.15) is 22.8 Å². The zero-order valence-corrected chi connectivity index (χ0v) is 12.2. The number of hydrogen-bond acceptors (Lipinski definition) is 4. The van der Waals surface area contributed by atoms with Crippen molar-refractivity contribution in [3.05, 3.63) is 53.7 Å². The van der Waals surface area contributed by atoms with Gasteiger partial charge in [-0.15, -0.1) is 0 Å². The van der Waals surface area contributed by atoms with Crippen molar-refractivity contribution in [3.8, 4) is 5.75 Å². The van der Waals surface area contributed by atoms with Crippen LogP contribution in [0.5, 0.6) is 5.75 Å². The normalized spacial score (nSPS) is 10.0. The van der Waals surface area contributed by atoms with Gasteiger partial charge >= 0.3 is 0 Å². The van der Waals surface area contributed by atoms with Gasteiger partial charge in [-0.3, -0.25) is 4.79 Å². The number of anilines is 1. The van der Waals surface area contributed by atoms with Gasteiger partial charge in [-0.05, 0) is 25.1 Å². The van der Waals surface area contributed by atoms with Crippen molar-refractivity contribution in [2.24, 2.45) is 0 Å². The maximum atomic E-state index is 12.1. The molecule has 5 heteroatoms. The molecule has 5 nitrogen and oxygen atoms in total. The van der Waals surface area contributed by atoms with E-state index < -0.39 is 0 Å². The molecule has 110 valence electrons. The third-order valence-corrected chi connectivity index (χ3v) is 3.02. The lowest BCUT2D eigenvalue weighted by atomic mass is 10.2. The lowest BCUT2D eigenvalue weighted by Gasteiger charge is -2.09. The maximum Gasteiger partial charge on any atom is 0.253 e. The number of ether oxygens (including phenoxy) is 1. The summed E-state index contributed by atoms with van der Waals surface area (Å²) in [4.78, 5) is 16.3. The summed E-state index contributed by atoms with van der Waals surface area (Å²) in [5.41, 5.74) is 1.47. The topological polar surface area (TPSA) is 63.2 Å². The highest BCUT2D eigenvalue weighted by Crippen LogP contribution is 2.16. The van der Waals surface area contributed by atoms with Crippen molar-refractivity contribution in [1.82, 2.24) is 10.3 Å².